The van der Waals surface area contributed by atoms with Crippen LogP contribution in [-0.2, 0) is 16.6 Å². The van der Waals surface area contributed by atoms with Crippen LogP contribution in [0, 0.1) is 0 Å². The molecule has 0 unspecified atom stereocenters. The lowest BCUT2D eigenvalue weighted by atomic mass is 9.68. The van der Waals surface area contributed by atoms with Crippen molar-refractivity contribution in [3.8, 4) is 0 Å². The number of benzene rings is 2. The minimum Gasteiger partial charge on any atom is -0.464 e. The molecule has 2 aromatic carbocycles. The van der Waals surface area contributed by atoms with E-state index in [2.05, 4.69) is 59.6 Å². The Hall–Kier alpha value is -3.07. The van der Waals surface area contributed by atoms with Gasteiger partial charge in [0.15, 0.2) is 0 Å². The number of carbonyl (C=O) groups excluding carboxylic acids is 1. The Labute approximate surface area is 147 Å². The van der Waals surface area contributed by atoms with Crippen LogP contribution in [0.5, 0.6) is 0 Å². The van der Waals surface area contributed by atoms with Crippen LogP contribution in [0.25, 0.3) is 6.08 Å². The van der Waals surface area contributed by atoms with Crippen LogP contribution in [0.2, 0.25) is 0 Å². The van der Waals surface area contributed by atoms with Gasteiger partial charge in [0.05, 0.1) is 7.11 Å². The summed E-state index contributed by atoms with van der Waals surface area (Å²) in [6.45, 7) is 0. The van der Waals surface area contributed by atoms with E-state index in [1.807, 2.05) is 24.4 Å². The summed E-state index contributed by atoms with van der Waals surface area (Å²) in [6, 6.07) is 21.0. The predicted molar refractivity (Wildman–Crippen MR) is 98.5 cm³/mol. The van der Waals surface area contributed by atoms with Gasteiger partial charge in [-0.25, -0.2) is 4.79 Å². The van der Waals surface area contributed by atoms with Gasteiger partial charge in [0, 0.05) is 17.2 Å². The van der Waals surface area contributed by atoms with Gasteiger partial charge in [-0.15, -0.1) is 0 Å². The van der Waals surface area contributed by atoms with Gasteiger partial charge >= 0.3 is 5.97 Å². The molecule has 3 heteroatoms. The number of fused-ring (bicyclic) bond motifs is 1. The van der Waals surface area contributed by atoms with Crippen molar-refractivity contribution < 1.29 is 9.53 Å². The first kappa shape index (κ1) is 15.5. The topological polar surface area (TPSA) is 42.1 Å². The Morgan fingerprint density at radius 3 is 2.16 bits per heavy atom. The van der Waals surface area contributed by atoms with Gasteiger partial charge in [-0.3, -0.25) is 0 Å². The number of hydrogen-bond donors (Lipinski definition) is 1. The second-order valence-corrected chi connectivity index (χ2v) is 6.31. The van der Waals surface area contributed by atoms with Crippen LogP contribution in [0.4, 0.5) is 0 Å². The molecule has 0 amide bonds. The van der Waals surface area contributed by atoms with E-state index in [1.54, 1.807) is 0 Å². The highest BCUT2D eigenvalue weighted by Gasteiger charge is 2.36. The highest BCUT2D eigenvalue weighted by atomic mass is 16.5. The zero-order valence-electron chi connectivity index (χ0n) is 14.0. The molecule has 1 aromatic heterocycles. The van der Waals surface area contributed by atoms with Crippen LogP contribution in [0.1, 0.15) is 32.7 Å². The summed E-state index contributed by atoms with van der Waals surface area (Å²) in [7, 11) is 1.40. The number of nitrogens with one attached hydrogen (secondary N) is 1. The molecular weight excluding hydrogens is 310 g/mol. The molecular formula is C22H19NO2. The quantitative estimate of drug-likeness (QED) is 0.726. The molecule has 0 aliphatic heterocycles. The van der Waals surface area contributed by atoms with E-state index in [9.17, 15) is 4.79 Å². The molecule has 124 valence electrons. The molecule has 3 nitrogen and oxygen atoms in total. The maximum Gasteiger partial charge on any atom is 0.355 e. The van der Waals surface area contributed by atoms with Crippen LogP contribution in [-0.4, -0.2) is 18.1 Å². The molecule has 0 saturated carbocycles. The number of allylic oxidation sites excluding steroid dienone is 1. The number of aromatic nitrogens is 1. The lowest BCUT2D eigenvalue weighted by Gasteiger charge is -2.34. The molecule has 1 aliphatic rings. The van der Waals surface area contributed by atoms with Gasteiger partial charge in [0.1, 0.15) is 5.69 Å². The largest absolute Gasteiger partial charge is 0.464 e. The zero-order chi connectivity index (χ0) is 17.3. The normalized spacial score (nSPS) is 14.8. The summed E-state index contributed by atoms with van der Waals surface area (Å²) in [5.74, 6) is -0.335. The van der Waals surface area contributed by atoms with E-state index in [4.69, 9.17) is 4.74 Å². The van der Waals surface area contributed by atoms with E-state index in [0.717, 1.165) is 17.5 Å². The average molecular weight is 329 g/mol. The van der Waals surface area contributed by atoms with Crippen molar-refractivity contribution in [3.05, 3.63) is 101 Å². The highest BCUT2D eigenvalue weighted by Crippen LogP contribution is 2.42. The first-order chi connectivity index (χ1) is 12.2. The molecule has 1 aliphatic carbocycles. The average Bonchev–Trinajstić information content (AvgIpc) is 3.11. The maximum absolute atomic E-state index is 12.0. The second-order valence-electron chi connectivity index (χ2n) is 6.31. The first-order valence-corrected chi connectivity index (χ1v) is 8.33. The summed E-state index contributed by atoms with van der Waals surface area (Å²) in [5, 5.41) is 0. The maximum atomic E-state index is 12.0. The summed E-state index contributed by atoms with van der Waals surface area (Å²) < 4.78 is 4.88. The number of esters is 1. The van der Waals surface area contributed by atoms with Gasteiger partial charge in [-0.2, -0.15) is 0 Å². The van der Waals surface area contributed by atoms with Gasteiger partial charge in [-0.1, -0.05) is 72.8 Å². The summed E-state index contributed by atoms with van der Waals surface area (Å²) >= 11 is 0. The van der Waals surface area contributed by atoms with Crippen LogP contribution >= 0.6 is 0 Å². The molecule has 0 spiro atoms. The van der Waals surface area contributed by atoms with Gasteiger partial charge in [0.25, 0.3) is 0 Å². The predicted octanol–water partition coefficient (Wildman–Crippen LogP) is 4.36. The minimum absolute atomic E-state index is 0.245. The van der Waals surface area contributed by atoms with Crippen molar-refractivity contribution in [2.45, 2.75) is 11.8 Å². The summed E-state index contributed by atoms with van der Waals surface area (Å²) in [5.41, 5.74) is 4.80. The van der Waals surface area contributed by atoms with E-state index in [-0.39, 0.29) is 11.4 Å². The second kappa shape index (κ2) is 6.10. The molecule has 0 radical (unpaired) electrons. The lowest BCUT2D eigenvalue weighted by Crippen LogP contribution is -2.30. The molecule has 4 rings (SSSR count). The minimum atomic E-state index is -0.335. The third kappa shape index (κ3) is 2.49. The number of hydrogen-bond acceptors (Lipinski definition) is 2. The van der Waals surface area contributed by atoms with Crippen molar-refractivity contribution in [1.29, 1.82) is 0 Å². The van der Waals surface area contributed by atoms with Crippen LogP contribution in [0.3, 0.4) is 0 Å². The Kier molecular flexibility index (Phi) is 3.77. The van der Waals surface area contributed by atoms with E-state index in [1.165, 1.54) is 18.2 Å². The number of H-pyrrole nitrogens is 1. The van der Waals surface area contributed by atoms with E-state index in [0.29, 0.717) is 5.69 Å². The van der Waals surface area contributed by atoms with Crippen molar-refractivity contribution in [1.82, 2.24) is 4.98 Å². The molecule has 0 saturated heterocycles. The number of aromatic amines is 1. The third-order valence-electron chi connectivity index (χ3n) is 4.98. The van der Waals surface area contributed by atoms with Gasteiger partial charge in [-0.05, 0) is 23.1 Å². The van der Waals surface area contributed by atoms with Crippen molar-refractivity contribution in [3.63, 3.8) is 0 Å². The number of ether oxygens (including phenoxy) is 1. The van der Waals surface area contributed by atoms with Crippen molar-refractivity contribution >= 4 is 12.0 Å². The van der Waals surface area contributed by atoms with E-state index < -0.39 is 0 Å². The van der Waals surface area contributed by atoms with Crippen LogP contribution in [0.15, 0.2) is 72.9 Å². The Balaban J connectivity index is 1.87. The summed E-state index contributed by atoms with van der Waals surface area (Å²) in [6.07, 6.45) is 6.97. The molecule has 1 heterocycles. The SMILES string of the molecule is COC(=O)c1[nH]cc2c1C=CC(c1ccccc1)(c1ccccc1)C2. The molecule has 0 atom stereocenters. The van der Waals surface area contributed by atoms with Gasteiger partial charge in [0.2, 0.25) is 0 Å². The zero-order valence-corrected chi connectivity index (χ0v) is 14.0. The Morgan fingerprint density at radius 1 is 1.00 bits per heavy atom. The lowest BCUT2D eigenvalue weighted by molar-refractivity contribution is 0.0594. The highest BCUT2D eigenvalue weighted by molar-refractivity contribution is 5.93. The third-order valence-corrected chi connectivity index (χ3v) is 4.98. The monoisotopic (exact) mass is 329 g/mol. The number of carbonyl (C=O) groups is 1. The molecule has 25 heavy (non-hydrogen) atoms. The first-order valence-electron chi connectivity index (χ1n) is 8.33. The summed E-state index contributed by atoms with van der Waals surface area (Å²) in [4.78, 5) is 15.0. The van der Waals surface area contributed by atoms with Crippen molar-refractivity contribution in [2.24, 2.45) is 0 Å². The molecule has 0 fully saturated rings. The van der Waals surface area contributed by atoms with Crippen LogP contribution < -0.4 is 0 Å². The molecule has 1 N–H and O–H groups in total. The van der Waals surface area contributed by atoms with Gasteiger partial charge < -0.3 is 9.72 Å². The van der Waals surface area contributed by atoms with Crippen molar-refractivity contribution in [2.75, 3.05) is 7.11 Å². The Bertz CT molecular complexity index is 884. The fourth-order valence-electron chi connectivity index (χ4n) is 3.70. The fourth-order valence-corrected chi connectivity index (χ4v) is 3.70. The fraction of sp³-hybridized carbons (Fsp3) is 0.136. The molecule has 3 aromatic rings. The smallest absolute Gasteiger partial charge is 0.355 e. The Morgan fingerprint density at radius 2 is 1.60 bits per heavy atom. The van der Waals surface area contributed by atoms with E-state index >= 15 is 0 Å². The molecule has 0 bridgehead atoms. The number of methoxy groups -OCH3 is 1. The number of rotatable bonds is 3. The standard InChI is InChI=1S/C22H19NO2/c1-25-21(24)20-19-12-13-22(14-16(19)15-23-20,17-8-4-2-5-9-17)18-10-6-3-7-11-18/h2-13,15,23H,14H2,1H3.